The van der Waals surface area contributed by atoms with Crippen LogP contribution in [0.4, 0.5) is 0 Å². The molecule has 2 N–H and O–H groups in total. The average Bonchev–Trinajstić information content (AvgIpc) is 2.90. The Labute approximate surface area is 124 Å². The van der Waals surface area contributed by atoms with Crippen LogP contribution in [-0.2, 0) is 19.5 Å². The molecule has 0 spiro atoms. The van der Waals surface area contributed by atoms with Crippen molar-refractivity contribution in [2.75, 3.05) is 6.54 Å². The molecule has 2 aromatic rings. The Hall–Kier alpha value is -1.43. The highest BCUT2D eigenvalue weighted by atomic mass is 35.5. The predicted molar refractivity (Wildman–Crippen MR) is 78.4 cm³/mol. The molecule has 1 aliphatic heterocycles. The van der Waals surface area contributed by atoms with Gasteiger partial charge in [-0.2, -0.15) is 4.98 Å². The molecule has 6 heteroatoms. The molecule has 0 saturated heterocycles. The number of fused-ring (bicyclic) bond motifs is 1. The summed E-state index contributed by atoms with van der Waals surface area (Å²) in [6, 6.07) is 9.00. The van der Waals surface area contributed by atoms with Gasteiger partial charge >= 0.3 is 0 Å². The fraction of sp³-hybridized carbons (Fsp3) is 0.429. The summed E-state index contributed by atoms with van der Waals surface area (Å²) in [5.41, 5.74) is 8.32. The van der Waals surface area contributed by atoms with Crippen LogP contribution in [0, 0.1) is 0 Å². The summed E-state index contributed by atoms with van der Waals surface area (Å²) in [5.74, 6) is 1.21. The fourth-order valence-electron chi connectivity index (χ4n) is 2.66. The van der Waals surface area contributed by atoms with Crippen molar-refractivity contribution in [1.29, 1.82) is 0 Å². The van der Waals surface area contributed by atoms with Crippen molar-refractivity contribution < 1.29 is 4.52 Å². The first-order valence-electron chi connectivity index (χ1n) is 6.61. The Morgan fingerprint density at radius 3 is 2.95 bits per heavy atom. The Kier molecular flexibility index (Phi) is 4.75. The van der Waals surface area contributed by atoms with E-state index in [0.29, 0.717) is 30.8 Å². The third-order valence-electron chi connectivity index (χ3n) is 3.75. The zero-order valence-electron chi connectivity index (χ0n) is 11.5. The van der Waals surface area contributed by atoms with Gasteiger partial charge in [-0.1, -0.05) is 29.4 Å². The SMILES string of the molecule is CC1c2ccccc2CCN1Cc1noc(CN)n1.Cl. The fourth-order valence-corrected chi connectivity index (χ4v) is 2.66. The monoisotopic (exact) mass is 294 g/mol. The van der Waals surface area contributed by atoms with Crippen LogP contribution >= 0.6 is 12.4 Å². The van der Waals surface area contributed by atoms with Crippen molar-refractivity contribution in [2.24, 2.45) is 5.73 Å². The van der Waals surface area contributed by atoms with Gasteiger partial charge in [0.1, 0.15) is 0 Å². The minimum Gasteiger partial charge on any atom is -0.338 e. The smallest absolute Gasteiger partial charge is 0.240 e. The van der Waals surface area contributed by atoms with E-state index in [0.717, 1.165) is 13.0 Å². The van der Waals surface area contributed by atoms with Gasteiger partial charge in [0.05, 0.1) is 13.1 Å². The molecule has 1 unspecified atom stereocenters. The number of nitrogens with zero attached hydrogens (tertiary/aromatic N) is 3. The van der Waals surface area contributed by atoms with Crippen molar-refractivity contribution in [3.05, 3.63) is 47.1 Å². The maximum absolute atomic E-state index is 5.48. The normalized spacial score (nSPS) is 18.4. The first-order chi connectivity index (χ1) is 9.28. The highest BCUT2D eigenvalue weighted by molar-refractivity contribution is 5.85. The zero-order chi connectivity index (χ0) is 13.2. The summed E-state index contributed by atoms with van der Waals surface area (Å²) in [6.07, 6.45) is 1.07. The van der Waals surface area contributed by atoms with E-state index in [4.69, 9.17) is 10.3 Å². The lowest BCUT2D eigenvalue weighted by atomic mass is 9.94. The van der Waals surface area contributed by atoms with Crippen molar-refractivity contribution in [3.63, 3.8) is 0 Å². The molecule has 108 valence electrons. The number of benzene rings is 1. The second-order valence-corrected chi connectivity index (χ2v) is 4.90. The largest absolute Gasteiger partial charge is 0.338 e. The third-order valence-corrected chi connectivity index (χ3v) is 3.75. The second-order valence-electron chi connectivity index (χ2n) is 4.90. The lowest BCUT2D eigenvalue weighted by molar-refractivity contribution is 0.182. The van der Waals surface area contributed by atoms with Gasteiger partial charge in [0.2, 0.25) is 5.89 Å². The third kappa shape index (κ3) is 2.85. The number of hydrogen-bond acceptors (Lipinski definition) is 5. The van der Waals surface area contributed by atoms with E-state index < -0.39 is 0 Å². The zero-order valence-corrected chi connectivity index (χ0v) is 12.3. The lowest BCUT2D eigenvalue weighted by Gasteiger charge is -2.34. The standard InChI is InChI=1S/C14H18N4O.ClH/c1-10-12-5-3-2-4-11(12)6-7-18(10)9-13-16-14(8-15)19-17-13;/h2-5,10H,6-9,15H2,1H3;1H. The minimum atomic E-state index is 0. The molecule has 0 bridgehead atoms. The van der Waals surface area contributed by atoms with E-state index >= 15 is 0 Å². The van der Waals surface area contributed by atoms with E-state index in [1.165, 1.54) is 11.1 Å². The predicted octanol–water partition coefficient (Wildman–Crippen LogP) is 2.07. The number of rotatable bonds is 3. The average molecular weight is 295 g/mol. The molecule has 0 fully saturated rings. The molecule has 0 aliphatic carbocycles. The highest BCUT2D eigenvalue weighted by Gasteiger charge is 2.24. The number of aromatic nitrogens is 2. The Morgan fingerprint density at radius 1 is 1.40 bits per heavy atom. The molecule has 1 atom stereocenters. The van der Waals surface area contributed by atoms with Gasteiger partial charge in [-0.15, -0.1) is 12.4 Å². The van der Waals surface area contributed by atoms with Crippen LogP contribution in [0.3, 0.4) is 0 Å². The summed E-state index contributed by atoms with van der Waals surface area (Å²) in [4.78, 5) is 6.64. The molecule has 5 nitrogen and oxygen atoms in total. The molecule has 20 heavy (non-hydrogen) atoms. The van der Waals surface area contributed by atoms with Crippen LogP contribution in [0.5, 0.6) is 0 Å². The lowest BCUT2D eigenvalue weighted by Crippen LogP contribution is -2.33. The highest BCUT2D eigenvalue weighted by Crippen LogP contribution is 2.29. The minimum absolute atomic E-state index is 0. The van der Waals surface area contributed by atoms with Gasteiger partial charge in [0.15, 0.2) is 5.82 Å². The molecule has 3 rings (SSSR count). The van der Waals surface area contributed by atoms with E-state index in [1.54, 1.807) is 0 Å². The number of halogens is 1. The quantitative estimate of drug-likeness (QED) is 0.938. The summed E-state index contributed by atoms with van der Waals surface area (Å²) in [5, 5.41) is 3.96. The molecule has 0 amide bonds. The van der Waals surface area contributed by atoms with E-state index in [1.807, 2.05) is 0 Å². The maximum atomic E-state index is 5.48. The molecular weight excluding hydrogens is 276 g/mol. The summed E-state index contributed by atoms with van der Waals surface area (Å²) < 4.78 is 5.05. The van der Waals surface area contributed by atoms with Gasteiger partial charge in [0, 0.05) is 12.6 Å². The van der Waals surface area contributed by atoms with Crippen molar-refractivity contribution >= 4 is 12.4 Å². The molecule has 1 aromatic heterocycles. The van der Waals surface area contributed by atoms with Crippen LogP contribution in [0.1, 0.15) is 35.8 Å². The van der Waals surface area contributed by atoms with Crippen LogP contribution < -0.4 is 5.73 Å². The number of hydrogen-bond donors (Lipinski definition) is 1. The van der Waals surface area contributed by atoms with Gasteiger partial charge in [0.25, 0.3) is 0 Å². The first-order valence-corrected chi connectivity index (χ1v) is 6.61. The summed E-state index contributed by atoms with van der Waals surface area (Å²) in [6.45, 7) is 4.25. The van der Waals surface area contributed by atoms with Crippen molar-refractivity contribution in [2.45, 2.75) is 32.5 Å². The molecule has 1 aliphatic rings. The molecule has 1 aromatic carbocycles. The Bertz CT molecular complexity index is 572. The van der Waals surface area contributed by atoms with Crippen molar-refractivity contribution in [3.8, 4) is 0 Å². The van der Waals surface area contributed by atoms with Crippen LogP contribution in [0.15, 0.2) is 28.8 Å². The van der Waals surface area contributed by atoms with E-state index in [9.17, 15) is 0 Å². The number of nitrogens with two attached hydrogens (primary N) is 1. The van der Waals surface area contributed by atoms with E-state index in [-0.39, 0.29) is 12.4 Å². The van der Waals surface area contributed by atoms with E-state index in [2.05, 4.69) is 46.2 Å². The van der Waals surface area contributed by atoms with Gasteiger partial charge < -0.3 is 10.3 Å². The molecule has 0 radical (unpaired) electrons. The summed E-state index contributed by atoms with van der Waals surface area (Å²) in [7, 11) is 0. The molecular formula is C14H19ClN4O. The first kappa shape index (κ1) is 15.0. The Balaban J connectivity index is 0.00000147. The molecule has 2 heterocycles. The summed E-state index contributed by atoms with van der Waals surface area (Å²) >= 11 is 0. The van der Waals surface area contributed by atoms with Crippen molar-refractivity contribution in [1.82, 2.24) is 15.0 Å². The second kappa shape index (κ2) is 6.35. The van der Waals surface area contributed by atoms with Gasteiger partial charge in [-0.25, -0.2) is 0 Å². The van der Waals surface area contributed by atoms with Crippen LogP contribution in [0.25, 0.3) is 0 Å². The van der Waals surface area contributed by atoms with Gasteiger partial charge in [-0.3, -0.25) is 4.90 Å². The topological polar surface area (TPSA) is 68.2 Å². The Morgan fingerprint density at radius 2 is 2.20 bits per heavy atom. The molecule has 0 saturated carbocycles. The van der Waals surface area contributed by atoms with Crippen LogP contribution in [-0.4, -0.2) is 21.6 Å². The maximum Gasteiger partial charge on any atom is 0.240 e. The van der Waals surface area contributed by atoms with Crippen LogP contribution in [0.2, 0.25) is 0 Å². The van der Waals surface area contributed by atoms with Gasteiger partial charge in [-0.05, 0) is 24.5 Å².